The van der Waals surface area contributed by atoms with Gasteiger partial charge < -0.3 is 4.90 Å². The second-order valence-electron chi connectivity index (χ2n) is 2.41. The van der Waals surface area contributed by atoms with Crippen LogP contribution in [-0.4, -0.2) is 24.3 Å². The van der Waals surface area contributed by atoms with Crippen LogP contribution in [0.2, 0.25) is 0 Å². The minimum absolute atomic E-state index is 0.401. The molecular weight excluding hydrogens is 124 g/mol. The van der Waals surface area contributed by atoms with Gasteiger partial charge in [-0.2, -0.15) is 0 Å². The van der Waals surface area contributed by atoms with Crippen molar-refractivity contribution in [3.05, 3.63) is 24.4 Å². The molecule has 0 bridgehead atoms. The lowest BCUT2D eigenvalue weighted by molar-refractivity contribution is 0.471. The molecule has 1 rings (SSSR count). The van der Waals surface area contributed by atoms with Gasteiger partial charge in [-0.3, -0.25) is 0 Å². The van der Waals surface area contributed by atoms with Crippen LogP contribution in [0.4, 0.5) is 0 Å². The molecule has 0 fully saturated rings. The number of nitrogens with zero attached hydrogens (tertiary/aromatic N) is 2. The first kappa shape index (κ1) is 7.06. The van der Waals surface area contributed by atoms with E-state index < -0.39 is 0 Å². The summed E-state index contributed by atoms with van der Waals surface area (Å²) in [6.45, 7) is 5.73. The predicted molar refractivity (Wildman–Crippen MR) is 44.0 cm³/mol. The van der Waals surface area contributed by atoms with Gasteiger partial charge in [0, 0.05) is 7.05 Å². The minimum atomic E-state index is 0.401. The summed E-state index contributed by atoms with van der Waals surface area (Å²) in [5.41, 5.74) is 1.08. The van der Waals surface area contributed by atoms with E-state index in [0.717, 1.165) is 5.70 Å². The lowest BCUT2D eigenvalue weighted by Crippen LogP contribution is -2.22. The average molecular weight is 136 g/mol. The van der Waals surface area contributed by atoms with Crippen molar-refractivity contribution in [2.75, 3.05) is 7.05 Å². The molecule has 0 saturated carbocycles. The van der Waals surface area contributed by atoms with Crippen molar-refractivity contribution in [3.63, 3.8) is 0 Å². The number of aliphatic imine (C=N–C) groups is 1. The van der Waals surface area contributed by atoms with E-state index in [2.05, 4.69) is 23.4 Å². The second-order valence-corrected chi connectivity index (χ2v) is 2.41. The third kappa shape index (κ3) is 1.10. The number of allylic oxidation sites excluding steroid dienone is 2. The smallest absolute Gasteiger partial charge is 0.0912 e. The van der Waals surface area contributed by atoms with Crippen molar-refractivity contribution < 1.29 is 0 Å². The van der Waals surface area contributed by atoms with E-state index in [4.69, 9.17) is 0 Å². The Morgan fingerprint density at radius 3 is 2.90 bits per heavy atom. The molecule has 0 aromatic heterocycles. The SMILES string of the molecule is C=C/C=C1/N=CN(C)C1C. The maximum absolute atomic E-state index is 4.18. The summed E-state index contributed by atoms with van der Waals surface area (Å²) >= 11 is 0. The van der Waals surface area contributed by atoms with Crippen LogP contribution in [0, 0.1) is 0 Å². The van der Waals surface area contributed by atoms with Crippen LogP contribution >= 0.6 is 0 Å². The molecule has 0 amide bonds. The molecule has 0 aliphatic carbocycles. The van der Waals surface area contributed by atoms with Crippen LogP contribution in [0.5, 0.6) is 0 Å². The van der Waals surface area contributed by atoms with Crippen LogP contribution in [-0.2, 0) is 0 Å². The summed E-state index contributed by atoms with van der Waals surface area (Å²) in [7, 11) is 2.01. The van der Waals surface area contributed by atoms with E-state index in [1.165, 1.54) is 0 Å². The molecule has 1 heterocycles. The van der Waals surface area contributed by atoms with Crippen LogP contribution in [0.3, 0.4) is 0 Å². The number of rotatable bonds is 1. The van der Waals surface area contributed by atoms with Gasteiger partial charge in [0.15, 0.2) is 0 Å². The number of hydrogen-bond acceptors (Lipinski definition) is 2. The molecule has 1 aliphatic rings. The first-order valence-electron chi connectivity index (χ1n) is 3.34. The van der Waals surface area contributed by atoms with Crippen molar-refractivity contribution in [1.29, 1.82) is 0 Å². The van der Waals surface area contributed by atoms with Crippen LogP contribution in [0.25, 0.3) is 0 Å². The lowest BCUT2D eigenvalue weighted by Gasteiger charge is -2.13. The Hall–Kier alpha value is -1.05. The van der Waals surface area contributed by atoms with E-state index in [0.29, 0.717) is 6.04 Å². The highest BCUT2D eigenvalue weighted by atomic mass is 15.2. The molecule has 1 unspecified atom stereocenters. The fourth-order valence-corrected chi connectivity index (χ4v) is 0.877. The number of hydrogen-bond donors (Lipinski definition) is 0. The van der Waals surface area contributed by atoms with Gasteiger partial charge in [0.25, 0.3) is 0 Å². The highest BCUT2D eigenvalue weighted by Gasteiger charge is 2.15. The summed E-state index contributed by atoms with van der Waals surface area (Å²) in [6.07, 6.45) is 5.53. The molecule has 0 spiro atoms. The summed E-state index contributed by atoms with van der Waals surface area (Å²) < 4.78 is 0. The van der Waals surface area contributed by atoms with E-state index in [1.807, 2.05) is 19.5 Å². The minimum Gasteiger partial charge on any atom is -0.357 e. The van der Waals surface area contributed by atoms with Gasteiger partial charge >= 0.3 is 0 Å². The third-order valence-corrected chi connectivity index (χ3v) is 1.72. The fraction of sp³-hybridized carbons (Fsp3) is 0.375. The zero-order chi connectivity index (χ0) is 7.56. The Balaban J connectivity index is 2.75. The summed E-state index contributed by atoms with van der Waals surface area (Å²) in [4.78, 5) is 6.24. The molecule has 2 nitrogen and oxygen atoms in total. The predicted octanol–water partition coefficient (Wildman–Crippen LogP) is 1.42. The van der Waals surface area contributed by atoms with Crippen molar-refractivity contribution in [1.82, 2.24) is 4.90 Å². The maximum Gasteiger partial charge on any atom is 0.0912 e. The molecule has 0 aromatic carbocycles. The Kier molecular flexibility index (Phi) is 1.90. The summed E-state index contributed by atoms with van der Waals surface area (Å²) in [6, 6.07) is 0.401. The van der Waals surface area contributed by atoms with Crippen LogP contribution < -0.4 is 0 Å². The first-order valence-corrected chi connectivity index (χ1v) is 3.34. The molecule has 1 aliphatic heterocycles. The van der Waals surface area contributed by atoms with E-state index in [1.54, 1.807) is 6.08 Å². The molecular formula is C8H12N2. The topological polar surface area (TPSA) is 15.6 Å². The van der Waals surface area contributed by atoms with Gasteiger partial charge in [0.1, 0.15) is 0 Å². The Morgan fingerprint density at radius 1 is 1.80 bits per heavy atom. The Labute approximate surface area is 61.6 Å². The standard InChI is InChI=1S/C8H12N2/c1-4-5-8-7(2)10(3)6-9-8/h4-7H,1H2,2-3H3/b8-5+. The molecule has 10 heavy (non-hydrogen) atoms. The normalized spacial score (nSPS) is 28.0. The molecule has 2 heteroatoms. The summed E-state index contributed by atoms with van der Waals surface area (Å²) in [5.74, 6) is 0. The fourth-order valence-electron chi connectivity index (χ4n) is 0.877. The Morgan fingerprint density at radius 2 is 2.50 bits per heavy atom. The molecule has 0 radical (unpaired) electrons. The van der Waals surface area contributed by atoms with Crippen LogP contribution in [0.1, 0.15) is 6.92 Å². The first-order chi connectivity index (χ1) is 4.75. The molecule has 0 saturated heterocycles. The van der Waals surface area contributed by atoms with Crippen LogP contribution in [0.15, 0.2) is 29.4 Å². The number of likely N-dealkylation sites (N-methyl/N-ethyl adjacent to an activating group) is 1. The molecule has 0 aromatic rings. The zero-order valence-electron chi connectivity index (χ0n) is 6.41. The molecule has 0 N–H and O–H groups in total. The summed E-state index contributed by atoms with van der Waals surface area (Å²) in [5, 5.41) is 0. The van der Waals surface area contributed by atoms with Gasteiger partial charge in [-0.1, -0.05) is 12.7 Å². The van der Waals surface area contributed by atoms with Gasteiger partial charge in [-0.05, 0) is 13.0 Å². The second kappa shape index (κ2) is 2.69. The third-order valence-electron chi connectivity index (χ3n) is 1.72. The highest BCUT2D eigenvalue weighted by Crippen LogP contribution is 2.14. The van der Waals surface area contributed by atoms with Gasteiger partial charge in [0.2, 0.25) is 0 Å². The van der Waals surface area contributed by atoms with Gasteiger partial charge in [-0.15, -0.1) is 0 Å². The van der Waals surface area contributed by atoms with Crippen molar-refractivity contribution in [2.24, 2.45) is 4.99 Å². The van der Waals surface area contributed by atoms with Gasteiger partial charge in [-0.25, -0.2) is 4.99 Å². The van der Waals surface area contributed by atoms with E-state index in [9.17, 15) is 0 Å². The molecule has 54 valence electrons. The van der Waals surface area contributed by atoms with E-state index in [-0.39, 0.29) is 0 Å². The average Bonchev–Trinajstić information content (AvgIpc) is 2.20. The zero-order valence-corrected chi connectivity index (χ0v) is 6.41. The van der Waals surface area contributed by atoms with Crippen molar-refractivity contribution >= 4 is 6.34 Å². The van der Waals surface area contributed by atoms with Gasteiger partial charge in [0.05, 0.1) is 18.1 Å². The monoisotopic (exact) mass is 136 g/mol. The van der Waals surface area contributed by atoms with Crippen molar-refractivity contribution in [3.8, 4) is 0 Å². The lowest BCUT2D eigenvalue weighted by atomic mass is 10.2. The van der Waals surface area contributed by atoms with E-state index >= 15 is 0 Å². The Bertz CT molecular complexity index is 191. The highest BCUT2D eigenvalue weighted by molar-refractivity contribution is 5.62. The maximum atomic E-state index is 4.18. The quantitative estimate of drug-likeness (QED) is 0.532. The van der Waals surface area contributed by atoms with Crippen molar-refractivity contribution in [2.45, 2.75) is 13.0 Å². The molecule has 1 atom stereocenters. The largest absolute Gasteiger partial charge is 0.357 e.